The van der Waals surface area contributed by atoms with E-state index < -0.39 is 4.92 Å². The Labute approximate surface area is 109 Å². The highest BCUT2D eigenvalue weighted by Gasteiger charge is 2.12. The first kappa shape index (κ1) is 14.2. The molecule has 1 rings (SSSR count). The molecule has 0 aliphatic rings. The number of hydrogen-bond donors (Lipinski definition) is 1. The highest BCUT2D eigenvalue weighted by Crippen LogP contribution is 2.24. The second-order valence-electron chi connectivity index (χ2n) is 3.63. The number of aromatic nitrogens is 1. The lowest BCUT2D eigenvalue weighted by Crippen LogP contribution is -2.23. The summed E-state index contributed by atoms with van der Waals surface area (Å²) in [5, 5.41) is 13.9. The number of carbonyl (C=O) groups excluding carboxylic acids is 1. The second kappa shape index (κ2) is 6.20. The highest BCUT2D eigenvalue weighted by atomic mass is 32.2. The van der Waals surface area contributed by atoms with E-state index in [2.05, 4.69) is 10.3 Å². The lowest BCUT2D eigenvalue weighted by atomic mass is 10.4. The third kappa shape index (κ3) is 3.88. The van der Waals surface area contributed by atoms with Crippen LogP contribution < -0.4 is 5.32 Å². The summed E-state index contributed by atoms with van der Waals surface area (Å²) in [5.41, 5.74) is -0.0471. The molecule has 7 nitrogen and oxygen atoms in total. The summed E-state index contributed by atoms with van der Waals surface area (Å²) < 4.78 is 0. The zero-order chi connectivity index (χ0) is 13.7. The Bertz CT molecular complexity index is 464. The van der Waals surface area contributed by atoms with Crippen molar-refractivity contribution in [2.45, 2.75) is 5.03 Å². The smallest absolute Gasteiger partial charge is 0.275 e. The van der Waals surface area contributed by atoms with Crippen LogP contribution in [0.5, 0.6) is 0 Å². The van der Waals surface area contributed by atoms with Gasteiger partial charge in [0.2, 0.25) is 5.91 Å². The van der Waals surface area contributed by atoms with Gasteiger partial charge in [0.25, 0.3) is 5.69 Å². The van der Waals surface area contributed by atoms with Crippen molar-refractivity contribution in [2.24, 2.45) is 0 Å². The Hall–Kier alpha value is -1.83. The molecular weight excluding hydrogens is 256 g/mol. The Balaban J connectivity index is 2.85. The summed E-state index contributed by atoms with van der Waals surface area (Å²) in [6.45, 7) is 0. The number of nitrogens with zero attached hydrogens (tertiary/aromatic N) is 3. The third-order valence-electron chi connectivity index (χ3n) is 2.10. The number of carbonyl (C=O) groups is 1. The van der Waals surface area contributed by atoms with Gasteiger partial charge in [-0.15, -0.1) is 0 Å². The number of amides is 1. The Morgan fingerprint density at radius 2 is 2.22 bits per heavy atom. The van der Waals surface area contributed by atoms with Gasteiger partial charge in [-0.3, -0.25) is 14.9 Å². The molecule has 1 aromatic heterocycles. The van der Waals surface area contributed by atoms with Crippen molar-refractivity contribution >= 4 is 29.2 Å². The lowest BCUT2D eigenvalue weighted by molar-refractivity contribution is -0.385. The minimum absolute atomic E-state index is 0.0471. The van der Waals surface area contributed by atoms with Gasteiger partial charge in [0.05, 0.1) is 16.7 Å². The van der Waals surface area contributed by atoms with Crippen LogP contribution in [0, 0.1) is 10.1 Å². The summed E-state index contributed by atoms with van der Waals surface area (Å²) >= 11 is 1.17. The maximum absolute atomic E-state index is 11.4. The maximum atomic E-state index is 11.4. The molecule has 18 heavy (non-hydrogen) atoms. The Kier molecular flexibility index (Phi) is 4.90. The molecule has 0 saturated carbocycles. The number of pyridine rings is 1. The molecule has 1 amide bonds. The highest BCUT2D eigenvalue weighted by molar-refractivity contribution is 7.99. The van der Waals surface area contributed by atoms with E-state index in [9.17, 15) is 14.9 Å². The Morgan fingerprint density at radius 1 is 1.56 bits per heavy atom. The van der Waals surface area contributed by atoms with Crippen molar-refractivity contribution in [1.29, 1.82) is 0 Å². The minimum Gasteiger partial charge on any atom is -0.373 e. The first-order valence-electron chi connectivity index (χ1n) is 5.11. The summed E-state index contributed by atoms with van der Waals surface area (Å²) in [5.74, 6) is 0.535. The molecule has 0 radical (unpaired) electrons. The Morgan fingerprint density at radius 3 is 2.72 bits per heavy atom. The molecular formula is C10H14N4O3S. The maximum Gasteiger partial charge on any atom is 0.275 e. The molecule has 1 N–H and O–H groups in total. The average molecular weight is 270 g/mol. The minimum atomic E-state index is -0.486. The largest absolute Gasteiger partial charge is 0.373 e. The monoisotopic (exact) mass is 270 g/mol. The van der Waals surface area contributed by atoms with Gasteiger partial charge in [0.1, 0.15) is 10.8 Å². The van der Waals surface area contributed by atoms with Gasteiger partial charge in [0.15, 0.2) is 0 Å². The normalized spacial score (nSPS) is 9.94. The quantitative estimate of drug-likeness (QED) is 0.491. The first-order chi connectivity index (χ1) is 8.43. The fraction of sp³-hybridized carbons (Fsp3) is 0.400. The lowest BCUT2D eigenvalue weighted by Gasteiger charge is -2.09. The molecule has 1 heterocycles. The molecule has 0 atom stereocenters. The molecule has 8 heteroatoms. The van der Waals surface area contributed by atoms with E-state index in [0.717, 1.165) is 0 Å². The molecule has 0 spiro atoms. The number of nitrogens with one attached hydrogen (secondary N) is 1. The van der Waals surface area contributed by atoms with Gasteiger partial charge in [-0.05, 0) is 0 Å². The van der Waals surface area contributed by atoms with Gasteiger partial charge in [-0.2, -0.15) is 0 Å². The van der Waals surface area contributed by atoms with Crippen molar-refractivity contribution < 1.29 is 9.72 Å². The fourth-order valence-corrected chi connectivity index (χ4v) is 1.96. The molecule has 0 fully saturated rings. The van der Waals surface area contributed by atoms with E-state index in [-0.39, 0.29) is 17.3 Å². The number of nitro groups is 1. The SMILES string of the molecule is CNc1cc([N+](=O)[O-])cc(SCC(=O)N(C)C)n1. The van der Waals surface area contributed by atoms with Gasteiger partial charge in [0, 0.05) is 27.2 Å². The molecule has 0 aliphatic heterocycles. The van der Waals surface area contributed by atoms with Crippen molar-refractivity contribution in [3.05, 3.63) is 22.2 Å². The zero-order valence-electron chi connectivity index (χ0n) is 10.3. The van der Waals surface area contributed by atoms with Crippen LogP contribution in [-0.2, 0) is 4.79 Å². The molecule has 0 aromatic carbocycles. The predicted octanol–water partition coefficient (Wildman–Crippen LogP) is 1.21. The van der Waals surface area contributed by atoms with Gasteiger partial charge < -0.3 is 10.2 Å². The van der Waals surface area contributed by atoms with Crippen LogP contribution in [0.2, 0.25) is 0 Å². The van der Waals surface area contributed by atoms with Gasteiger partial charge in [-0.1, -0.05) is 11.8 Å². The van der Waals surface area contributed by atoms with Gasteiger partial charge >= 0.3 is 0 Å². The van der Waals surface area contributed by atoms with Gasteiger partial charge in [-0.25, -0.2) is 4.98 Å². The van der Waals surface area contributed by atoms with Crippen LogP contribution >= 0.6 is 11.8 Å². The summed E-state index contributed by atoms with van der Waals surface area (Å²) in [6, 6.07) is 2.70. The van der Waals surface area contributed by atoms with Crippen molar-refractivity contribution in [2.75, 3.05) is 32.2 Å². The van der Waals surface area contributed by atoms with Crippen LogP contribution in [0.1, 0.15) is 0 Å². The van der Waals surface area contributed by atoms with E-state index in [4.69, 9.17) is 0 Å². The second-order valence-corrected chi connectivity index (χ2v) is 4.63. The summed E-state index contributed by atoms with van der Waals surface area (Å²) in [7, 11) is 4.94. The zero-order valence-corrected chi connectivity index (χ0v) is 11.2. The number of rotatable bonds is 5. The number of thioether (sulfide) groups is 1. The van der Waals surface area contributed by atoms with E-state index in [1.165, 1.54) is 28.8 Å². The predicted molar refractivity (Wildman–Crippen MR) is 69.9 cm³/mol. The van der Waals surface area contributed by atoms with Crippen LogP contribution in [0.25, 0.3) is 0 Å². The van der Waals surface area contributed by atoms with E-state index >= 15 is 0 Å². The first-order valence-corrected chi connectivity index (χ1v) is 6.09. The molecule has 0 bridgehead atoms. The average Bonchev–Trinajstić information content (AvgIpc) is 2.35. The topological polar surface area (TPSA) is 88.4 Å². The molecule has 0 saturated heterocycles. The van der Waals surface area contributed by atoms with Crippen molar-refractivity contribution in [1.82, 2.24) is 9.88 Å². The third-order valence-corrected chi connectivity index (χ3v) is 2.99. The van der Waals surface area contributed by atoms with Crippen molar-refractivity contribution in [3.8, 4) is 0 Å². The standard InChI is InChI=1S/C10H14N4O3S/c1-11-8-4-7(14(16)17)5-9(12-8)18-6-10(15)13(2)3/h4-5H,6H2,1-3H3,(H,11,12). The van der Waals surface area contributed by atoms with Crippen LogP contribution in [0.15, 0.2) is 17.2 Å². The van der Waals surface area contributed by atoms with E-state index in [1.54, 1.807) is 21.1 Å². The van der Waals surface area contributed by atoms with Crippen molar-refractivity contribution in [3.63, 3.8) is 0 Å². The molecule has 98 valence electrons. The van der Waals surface area contributed by atoms with E-state index in [1.807, 2.05) is 0 Å². The number of hydrogen-bond acceptors (Lipinski definition) is 6. The fourth-order valence-electron chi connectivity index (χ4n) is 1.06. The summed E-state index contributed by atoms with van der Waals surface area (Å²) in [4.78, 5) is 27.3. The number of anilines is 1. The van der Waals surface area contributed by atoms with Crippen LogP contribution in [0.3, 0.4) is 0 Å². The van der Waals surface area contributed by atoms with Crippen LogP contribution in [0.4, 0.5) is 11.5 Å². The molecule has 0 unspecified atom stereocenters. The van der Waals surface area contributed by atoms with Crippen LogP contribution in [-0.4, -0.2) is 47.6 Å². The van der Waals surface area contributed by atoms with E-state index in [0.29, 0.717) is 10.8 Å². The summed E-state index contributed by atoms with van der Waals surface area (Å²) in [6.07, 6.45) is 0. The molecule has 0 aliphatic carbocycles. The molecule has 1 aromatic rings.